The van der Waals surface area contributed by atoms with Crippen LogP contribution in [0.3, 0.4) is 0 Å². The number of H-pyrrole nitrogens is 1. The first-order valence-corrected chi connectivity index (χ1v) is 6.57. The summed E-state index contributed by atoms with van der Waals surface area (Å²) in [4.78, 5) is 3.51. The van der Waals surface area contributed by atoms with E-state index in [0.29, 0.717) is 5.92 Å². The quantitative estimate of drug-likeness (QED) is 0.769. The molecule has 1 atom stereocenters. The van der Waals surface area contributed by atoms with E-state index in [4.69, 9.17) is 5.73 Å². The van der Waals surface area contributed by atoms with Gasteiger partial charge in [0.1, 0.15) is 0 Å². The number of hydrogen-bond acceptors (Lipinski definition) is 1. The zero-order valence-electron chi connectivity index (χ0n) is 10.6. The smallest absolute Gasteiger partial charge is 0.0459 e. The number of benzene rings is 1. The van der Waals surface area contributed by atoms with Crippen molar-refractivity contribution < 1.29 is 0 Å². The van der Waals surface area contributed by atoms with Crippen molar-refractivity contribution in [2.24, 2.45) is 5.73 Å². The van der Waals surface area contributed by atoms with Crippen LogP contribution in [0.5, 0.6) is 0 Å². The van der Waals surface area contributed by atoms with Gasteiger partial charge in [-0.15, -0.1) is 0 Å². The number of aromatic amines is 1. The fraction of sp³-hybridized carbons (Fsp3) is 0.467. The highest BCUT2D eigenvalue weighted by molar-refractivity contribution is 5.86. The van der Waals surface area contributed by atoms with E-state index in [1.54, 1.807) is 0 Å². The zero-order chi connectivity index (χ0) is 12.0. The molecule has 1 heterocycles. The van der Waals surface area contributed by atoms with Crippen molar-refractivity contribution in [3.63, 3.8) is 0 Å². The standard InChI is InChI=1S/C15H20N2/c1-9(2)10-6-7-14-12(8-10)11-4-3-5-13(16)15(11)17-14/h6-9,13,17H,3-5,16H2,1-2H3. The number of nitrogens with two attached hydrogens (primary N) is 1. The van der Waals surface area contributed by atoms with Crippen molar-refractivity contribution in [1.82, 2.24) is 4.98 Å². The summed E-state index contributed by atoms with van der Waals surface area (Å²) in [5.41, 5.74) is 11.6. The van der Waals surface area contributed by atoms with Gasteiger partial charge in [-0.1, -0.05) is 19.9 Å². The Bertz CT molecular complexity index is 551. The molecule has 0 aliphatic heterocycles. The molecule has 1 aliphatic rings. The Morgan fingerprint density at radius 2 is 2.18 bits per heavy atom. The molecule has 0 amide bonds. The van der Waals surface area contributed by atoms with Crippen LogP contribution in [0.1, 0.15) is 55.5 Å². The molecule has 0 bridgehead atoms. The summed E-state index contributed by atoms with van der Waals surface area (Å²) in [5.74, 6) is 0.585. The van der Waals surface area contributed by atoms with Crippen molar-refractivity contribution in [3.8, 4) is 0 Å². The highest BCUT2D eigenvalue weighted by Gasteiger charge is 2.21. The molecule has 17 heavy (non-hydrogen) atoms. The molecular formula is C15H20N2. The average Bonchev–Trinajstić information content (AvgIpc) is 2.68. The largest absolute Gasteiger partial charge is 0.357 e. The predicted molar refractivity (Wildman–Crippen MR) is 72.3 cm³/mol. The molecule has 0 radical (unpaired) electrons. The van der Waals surface area contributed by atoms with Gasteiger partial charge < -0.3 is 10.7 Å². The number of aromatic nitrogens is 1. The maximum absolute atomic E-state index is 6.18. The fourth-order valence-electron chi connectivity index (χ4n) is 2.87. The predicted octanol–water partition coefficient (Wildman–Crippen LogP) is 3.63. The fourth-order valence-corrected chi connectivity index (χ4v) is 2.87. The van der Waals surface area contributed by atoms with Crippen molar-refractivity contribution >= 4 is 10.9 Å². The van der Waals surface area contributed by atoms with Crippen molar-refractivity contribution in [2.75, 3.05) is 0 Å². The number of hydrogen-bond donors (Lipinski definition) is 2. The Labute approximate surface area is 102 Å². The monoisotopic (exact) mass is 228 g/mol. The average molecular weight is 228 g/mol. The Morgan fingerprint density at radius 3 is 2.94 bits per heavy atom. The molecule has 1 unspecified atom stereocenters. The molecule has 0 saturated heterocycles. The van der Waals surface area contributed by atoms with E-state index in [2.05, 4.69) is 37.0 Å². The second-order valence-electron chi connectivity index (χ2n) is 5.48. The highest BCUT2D eigenvalue weighted by Crippen LogP contribution is 2.34. The normalized spacial score (nSPS) is 19.9. The molecule has 2 nitrogen and oxygen atoms in total. The van der Waals surface area contributed by atoms with Crippen LogP contribution in [0.4, 0.5) is 0 Å². The van der Waals surface area contributed by atoms with Crippen molar-refractivity contribution in [3.05, 3.63) is 35.0 Å². The molecular weight excluding hydrogens is 208 g/mol. The number of fused-ring (bicyclic) bond motifs is 3. The summed E-state index contributed by atoms with van der Waals surface area (Å²) in [6.45, 7) is 4.48. The lowest BCUT2D eigenvalue weighted by atomic mass is 9.91. The molecule has 0 spiro atoms. The van der Waals surface area contributed by atoms with Gasteiger partial charge in [0.25, 0.3) is 0 Å². The van der Waals surface area contributed by atoms with Crippen LogP contribution in [0, 0.1) is 0 Å². The van der Waals surface area contributed by atoms with E-state index in [1.165, 1.54) is 40.6 Å². The summed E-state index contributed by atoms with van der Waals surface area (Å²) in [6.07, 6.45) is 3.49. The molecule has 90 valence electrons. The van der Waals surface area contributed by atoms with Crippen LogP contribution in [0.2, 0.25) is 0 Å². The molecule has 2 heteroatoms. The van der Waals surface area contributed by atoms with Gasteiger partial charge in [0, 0.05) is 22.6 Å². The van der Waals surface area contributed by atoms with Gasteiger partial charge in [0.2, 0.25) is 0 Å². The Morgan fingerprint density at radius 1 is 1.35 bits per heavy atom. The zero-order valence-corrected chi connectivity index (χ0v) is 10.6. The molecule has 3 N–H and O–H groups in total. The first-order valence-electron chi connectivity index (χ1n) is 6.57. The van der Waals surface area contributed by atoms with E-state index in [9.17, 15) is 0 Å². The molecule has 3 rings (SSSR count). The van der Waals surface area contributed by atoms with Crippen LogP contribution in [0.15, 0.2) is 18.2 Å². The van der Waals surface area contributed by atoms with E-state index in [1.807, 2.05) is 0 Å². The van der Waals surface area contributed by atoms with E-state index in [0.717, 1.165) is 6.42 Å². The lowest BCUT2D eigenvalue weighted by molar-refractivity contribution is 0.562. The van der Waals surface area contributed by atoms with Crippen LogP contribution in [-0.2, 0) is 6.42 Å². The maximum atomic E-state index is 6.18. The Kier molecular flexibility index (Phi) is 2.48. The maximum Gasteiger partial charge on any atom is 0.0459 e. The SMILES string of the molecule is CC(C)c1ccc2[nH]c3c(c2c1)CCCC3N. The summed E-state index contributed by atoms with van der Waals surface area (Å²) in [6, 6.07) is 6.97. The first kappa shape index (κ1) is 10.8. The molecule has 2 aromatic rings. The van der Waals surface area contributed by atoms with Gasteiger partial charge in [0.15, 0.2) is 0 Å². The van der Waals surface area contributed by atoms with E-state index in [-0.39, 0.29) is 6.04 Å². The van der Waals surface area contributed by atoms with Crippen LogP contribution in [-0.4, -0.2) is 4.98 Å². The third-order valence-corrected chi connectivity index (χ3v) is 3.94. The lowest BCUT2D eigenvalue weighted by Crippen LogP contribution is -2.16. The number of nitrogens with one attached hydrogen (secondary N) is 1. The first-order chi connectivity index (χ1) is 8.16. The number of aryl methyl sites for hydroxylation is 1. The van der Waals surface area contributed by atoms with Crippen LogP contribution < -0.4 is 5.73 Å². The van der Waals surface area contributed by atoms with Gasteiger partial charge in [-0.2, -0.15) is 0 Å². The summed E-state index contributed by atoms with van der Waals surface area (Å²) >= 11 is 0. The molecule has 1 aromatic carbocycles. The Hall–Kier alpha value is -1.28. The summed E-state index contributed by atoms with van der Waals surface area (Å²) < 4.78 is 0. The molecule has 1 aromatic heterocycles. The second-order valence-corrected chi connectivity index (χ2v) is 5.48. The van der Waals surface area contributed by atoms with Crippen LogP contribution in [0.25, 0.3) is 10.9 Å². The van der Waals surface area contributed by atoms with Gasteiger partial charge in [-0.25, -0.2) is 0 Å². The topological polar surface area (TPSA) is 41.8 Å². The highest BCUT2D eigenvalue weighted by atomic mass is 14.8. The van der Waals surface area contributed by atoms with Gasteiger partial charge >= 0.3 is 0 Å². The van der Waals surface area contributed by atoms with E-state index >= 15 is 0 Å². The minimum atomic E-state index is 0.202. The van der Waals surface area contributed by atoms with Gasteiger partial charge in [-0.05, 0) is 48.4 Å². The third-order valence-electron chi connectivity index (χ3n) is 3.94. The molecule has 0 saturated carbocycles. The molecule has 0 fully saturated rings. The van der Waals surface area contributed by atoms with Gasteiger partial charge in [0.05, 0.1) is 0 Å². The second kappa shape index (κ2) is 3.88. The van der Waals surface area contributed by atoms with Gasteiger partial charge in [-0.3, -0.25) is 0 Å². The molecule has 1 aliphatic carbocycles. The minimum absolute atomic E-state index is 0.202. The van der Waals surface area contributed by atoms with Crippen LogP contribution >= 0.6 is 0 Å². The Balaban J connectivity index is 2.22. The van der Waals surface area contributed by atoms with Crippen molar-refractivity contribution in [2.45, 2.75) is 45.1 Å². The number of rotatable bonds is 1. The van der Waals surface area contributed by atoms with E-state index < -0.39 is 0 Å². The summed E-state index contributed by atoms with van der Waals surface area (Å²) in [5, 5.41) is 1.39. The summed E-state index contributed by atoms with van der Waals surface area (Å²) in [7, 11) is 0. The minimum Gasteiger partial charge on any atom is -0.357 e. The van der Waals surface area contributed by atoms with Crippen molar-refractivity contribution in [1.29, 1.82) is 0 Å². The lowest BCUT2D eigenvalue weighted by Gasteiger charge is -2.18. The third kappa shape index (κ3) is 1.67.